The molecule has 1 aliphatic rings. The summed E-state index contributed by atoms with van der Waals surface area (Å²) in [5.41, 5.74) is 12.0. The topological polar surface area (TPSA) is 69.1 Å². The summed E-state index contributed by atoms with van der Waals surface area (Å²) in [6.45, 7) is 15.5. The van der Waals surface area contributed by atoms with Gasteiger partial charge in [-0.1, -0.05) is 60.8 Å². The molecule has 1 atom stereocenters. The van der Waals surface area contributed by atoms with E-state index in [0.717, 1.165) is 38.1 Å². The maximum atomic E-state index is 10.9. The highest BCUT2D eigenvalue weighted by molar-refractivity contribution is 5.78. The normalized spacial score (nSPS) is 23.0. The molecule has 3 heteroatoms. The lowest BCUT2D eigenvalue weighted by Crippen LogP contribution is -2.33. The Morgan fingerprint density at radius 1 is 1.07 bits per heavy atom. The van der Waals surface area contributed by atoms with E-state index < -0.39 is 0 Å². The van der Waals surface area contributed by atoms with Crippen molar-refractivity contribution in [1.82, 2.24) is 0 Å². The number of Topliss-reactive ketones (excluding diaryl/α,β-unsaturated/α-hetero) is 1. The predicted octanol–water partition coefficient (Wildman–Crippen LogP) is 6.48. The molecule has 0 aromatic heterocycles. The molecule has 0 saturated heterocycles. The van der Waals surface area contributed by atoms with Crippen LogP contribution in [0.25, 0.3) is 0 Å². The number of ketones is 1. The second kappa shape index (κ2) is 17.7. The van der Waals surface area contributed by atoms with Crippen LogP contribution in [0, 0.1) is 17.3 Å². The van der Waals surface area contributed by atoms with Crippen molar-refractivity contribution in [2.24, 2.45) is 28.7 Å². The van der Waals surface area contributed by atoms with Crippen molar-refractivity contribution in [2.75, 3.05) is 6.54 Å². The fourth-order valence-electron chi connectivity index (χ4n) is 3.86. The summed E-state index contributed by atoms with van der Waals surface area (Å²) in [6.07, 6.45) is 13.6. The lowest BCUT2D eigenvalue weighted by molar-refractivity contribution is -0.121. The van der Waals surface area contributed by atoms with Crippen LogP contribution >= 0.6 is 0 Å². The van der Waals surface area contributed by atoms with Gasteiger partial charge in [-0.15, -0.1) is 0 Å². The number of hydrogen-bond acceptors (Lipinski definition) is 3. The molecule has 0 radical (unpaired) electrons. The minimum absolute atomic E-state index is 0.279. The van der Waals surface area contributed by atoms with E-state index in [0.29, 0.717) is 17.2 Å². The van der Waals surface area contributed by atoms with Crippen molar-refractivity contribution in [3.8, 4) is 0 Å². The second-order valence-electron chi connectivity index (χ2n) is 8.62. The van der Waals surface area contributed by atoms with E-state index in [2.05, 4.69) is 27.7 Å². The van der Waals surface area contributed by atoms with Gasteiger partial charge in [0.2, 0.25) is 0 Å². The Labute approximate surface area is 171 Å². The van der Waals surface area contributed by atoms with E-state index in [1.54, 1.807) is 6.92 Å². The molecule has 1 saturated carbocycles. The first kappa shape index (κ1) is 28.8. The van der Waals surface area contributed by atoms with Crippen LogP contribution in [0.3, 0.4) is 0 Å². The smallest absolute Gasteiger partial charge is 0.132 e. The second-order valence-corrected chi connectivity index (χ2v) is 8.62. The van der Waals surface area contributed by atoms with Crippen LogP contribution in [-0.2, 0) is 4.79 Å². The first-order chi connectivity index (χ1) is 12.8. The van der Waals surface area contributed by atoms with E-state index in [-0.39, 0.29) is 5.92 Å². The molecule has 0 spiro atoms. The van der Waals surface area contributed by atoms with Crippen molar-refractivity contribution in [2.45, 2.75) is 125 Å². The van der Waals surface area contributed by atoms with Crippen molar-refractivity contribution >= 4 is 5.78 Å². The molecule has 0 aromatic carbocycles. The van der Waals surface area contributed by atoms with Crippen molar-refractivity contribution < 1.29 is 4.79 Å². The number of rotatable bonds is 10. The number of nitrogens with two attached hydrogens (primary N) is 2. The predicted molar refractivity (Wildman–Crippen MR) is 122 cm³/mol. The summed E-state index contributed by atoms with van der Waals surface area (Å²) in [4.78, 5) is 10.9. The SMILES string of the molecule is CC.CCC1(CCC(C)C)CCC(N)CC1.CC[C@H](CCCCN)C(C)=O. The third-order valence-corrected chi connectivity index (χ3v) is 6.17. The molecule has 0 aliphatic heterocycles. The molecule has 1 fully saturated rings. The molecule has 0 unspecified atom stereocenters. The highest BCUT2D eigenvalue weighted by Crippen LogP contribution is 2.43. The minimum Gasteiger partial charge on any atom is -0.330 e. The third kappa shape index (κ3) is 14.3. The first-order valence-corrected chi connectivity index (χ1v) is 11.8. The first-order valence-electron chi connectivity index (χ1n) is 11.8. The van der Waals surface area contributed by atoms with Gasteiger partial charge < -0.3 is 11.5 Å². The summed E-state index contributed by atoms with van der Waals surface area (Å²) >= 11 is 0. The zero-order valence-corrected chi connectivity index (χ0v) is 19.8. The monoisotopic (exact) mass is 384 g/mol. The molecule has 0 heterocycles. The molecule has 4 N–H and O–H groups in total. The highest BCUT2D eigenvalue weighted by Gasteiger charge is 2.32. The molecule has 0 bridgehead atoms. The summed E-state index contributed by atoms with van der Waals surface area (Å²) < 4.78 is 0. The Hall–Kier alpha value is -0.410. The van der Waals surface area contributed by atoms with Crippen LogP contribution in [0.4, 0.5) is 0 Å². The largest absolute Gasteiger partial charge is 0.330 e. The van der Waals surface area contributed by atoms with Crippen LogP contribution in [-0.4, -0.2) is 18.4 Å². The number of carbonyl (C=O) groups excluding carboxylic acids is 1. The van der Waals surface area contributed by atoms with Crippen LogP contribution < -0.4 is 11.5 Å². The van der Waals surface area contributed by atoms with Gasteiger partial charge >= 0.3 is 0 Å². The fourth-order valence-corrected chi connectivity index (χ4v) is 3.86. The lowest BCUT2D eigenvalue weighted by Gasteiger charge is -2.39. The van der Waals surface area contributed by atoms with Crippen LogP contribution in [0.5, 0.6) is 0 Å². The Balaban J connectivity index is 0. The number of unbranched alkanes of at least 4 members (excludes halogenated alkanes) is 1. The quantitative estimate of drug-likeness (QED) is 0.424. The minimum atomic E-state index is 0.279. The van der Waals surface area contributed by atoms with E-state index in [1.807, 2.05) is 13.8 Å². The van der Waals surface area contributed by atoms with Gasteiger partial charge in [-0.3, -0.25) is 4.79 Å². The maximum Gasteiger partial charge on any atom is 0.132 e. The zero-order valence-electron chi connectivity index (χ0n) is 19.8. The summed E-state index contributed by atoms with van der Waals surface area (Å²) in [7, 11) is 0. The maximum absolute atomic E-state index is 10.9. The van der Waals surface area contributed by atoms with E-state index in [4.69, 9.17) is 11.5 Å². The molecule has 1 aliphatic carbocycles. The molecule has 3 nitrogen and oxygen atoms in total. The van der Waals surface area contributed by atoms with Crippen LogP contribution in [0.1, 0.15) is 119 Å². The van der Waals surface area contributed by atoms with E-state index in [1.165, 1.54) is 44.9 Å². The summed E-state index contributed by atoms with van der Waals surface area (Å²) in [5, 5.41) is 0. The Bertz CT molecular complexity index is 333. The number of hydrogen-bond donors (Lipinski definition) is 2. The van der Waals surface area contributed by atoms with Gasteiger partial charge in [-0.25, -0.2) is 0 Å². The Morgan fingerprint density at radius 3 is 2.00 bits per heavy atom. The van der Waals surface area contributed by atoms with Crippen molar-refractivity contribution in [1.29, 1.82) is 0 Å². The average molecular weight is 385 g/mol. The third-order valence-electron chi connectivity index (χ3n) is 6.17. The molecule has 164 valence electrons. The van der Waals surface area contributed by atoms with Crippen molar-refractivity contribution in [3.05, 3.63) is 0 Å². The Kier molecular flexibility index (Phi) is 18.8. The van der Waals surface area contributed by atoms with Gasteiger partial charge in [0.1, 0.15) is 5.78 Å². The van der Waals surface area contributed by atoms with Gasteiger partial charge in [0.25, 0.3) is 0 Å². The standard InChI is InChI=1S/C13H27N.C9H19NO.C2H6/c1-4-13(8-5-11(2)3)9-6-12(14)7-10-13;1-3-9(8(2)11)6-4-5-7-10;1-2/h11-12H,4-10,14H2,1-3H3;9H,3-7,10H2,1-2H3;1-2H3/t;9-;/m.1./s1. The lowest BCUT2D eigenvalue weighted by atomic mass is 9.68. The van der Waals surface area contributed by atoms with Gasteiger partial charge in [-0.2, -0.15) is 0 Å². The molecule has 0 aromatic rings. The zero-order chi connectivity index (χ0) is 21.3. The van der Waals surface area contributed by atoms with Crippen LogP contribution in [0.2, 0.25) is 0 Å². The van der Waals surface area contributed by atoms with Gasteiger partial charge in [0.15, 0.2) is 0 Å². The van der Waals surface area contributed by atoms with Gasteiger partial charge in [0, 0.05) is 12.0 Å². The molecule has 1 rings (SSSR count). The highest BCUT2D eigenvalue weighted by atomic mass is 16.1. The van der Waals surface area contributed by atoms with Gasteiger partial charge in [-0.05, 0) is 76.2 Å². The molecular formula is C24H52N2O. The number of carbonyl (C=O) groups is 1. The Morgan fingerprint density at radius 2 is 1.63 bits per heavy atom. The summed E-state index contributed by atoms with van der Waals surface area (Å²) in [6, 6.07) is 0.494. The molecule has 0 amide bonds. The summed E-state index contributed by atoms with van der Waals surface area (Å²) in [5.74, 6) is 1.46. The van der Waals surface area contributed by atoms with Gasteiger partial charge in [0.05, 0.1) is 0 Å². The van der Waals surface area contributed by atoms with E-state index >= 15 is 0 Å². The molecule has 27 heavy (non-hydrogen) atoms. The average Bonchev–Trinajstić information content (AvgIpc) is 2.67. The van der Waals surface area contributed by atoms with Crippen LogP contribution in [0.15, 0.2) is 0 Å². The molecular weight excluding hydrogens is 332 g/mol. The van der Waals surface area contributed by atoms with Crippen molar-refractivity contribution in [3.63, 3.8) is 0 Å². The van der Waals surface area contributed by atoms with E-state index in [9.17, 15) is 4.79 Å². The fraction of sp³-hybridized carbons (Fsp3) is 0.958.